The Hall–Kier alpha value is -2.11. The summed E-state index contributed by atoms with van der Waals surface area (Å²) in [5.41, 5.74) is 0.646. The van der Waals surface area contributed by atoms with Gasteiger partial charge in [-0.25, -0.2) is 0 Å². The van der Waals surface area contributed by atoms with E-state index in [0.717, 1.165) is 17.0 Å². The van der Waals surface area contributed by atoms with Gasteiger partial charge in [-0.3, -0.25) is 4.79 Å². The van der Waals surface area contributed by atoms with E-state index in [4.69, 9.17) is 4.74 Å². The molecule has 0 unspecified atom stereocenters. The van der Waals surface area contributed by atoms with Crippen molar-refractivity contribution in [2.45, 2.75) is 24.0 Å². The molecule has 2 aliphatic carbocycles. The minimum absolute atomic E-state index is 0.0592. The van der Waals surface area contributed by atoms with Gasteiger partial charge in [0.2, 0.25) is 0 Å². The average molecular weight is 328 g/mol. The fourth-order valence-electron chi connectivity index (χ4n) is 3.99. The predicted octanol–water partition coefficient (Wildman–Crippen LogP) is 1.49. The third-order valence-corrected chi connectivity index (χ3v) is 5.35. The number of ether oxygens (including phenoxy) is 1. The van der Waals surface area contributed by atoms with Gasteiger partial charge in [0, 0.05) is 31.5 Å². The first-order chi connectivity index (χ1) is 11.5. The molecule has 1 aromatic rings. The molecule has 0 spiro atoms. The second-order valence-corrected chi connectivity index (χ2v) is 6.53. The maximum atomic E-state index is 11.9. The zero-order valence-electron chi connectivity index (χ0n) is 14.3. The summed E-state index contributed by atoms with van der Waals surface area (Å²) in [7, 11) is 5.39. The molecule has 128 valence electrons. The minimum Gasteiger partial charge on any atom is -0.497 e. The van der Waals surface area contributed by atoms with Crippen molar-refractivity contribution in [3.63, 3.8) is 0 Å². The lowest BCUT2D eigenvalue weighted by molar-refractivity contribution is -0.141. The fourth-order valence-corrected chi connectivity index (χ4v) is 3.99. The number of aliphatic hydroxyl groups is 1. The fraction of sp³-hybridized carbons (Fsp3) is 0.421. The van der Waals surface area contributed by atoms with Crippen molar-refractivity contribution in [3.8, 4) is 5.75 Å². The Morgan fingerprint density at radius 2 is 2.04 bits per heavy atom. The van der Waals surface area contributed by atoms with Gasteiger partial charge < -0.3 is 20.5 Å². The van der Waals surface area contributed by atoms with Gasteiger partial charge in [0.25, 0.3) is 0 Å². The molecule has 1 aromatic carbocycles. The summed E-state index contributed by atoms with van der Waals surface area (Å²) in [6, 6.07) is 7.79. The highest BCUT2D eigenvalue weighted by atomic mass is 16.5. The van der Waals surface area contributed by atoms with Crippen LogP contribution in [0.25, 0.3) is 6.08 Å². The Morgan fingerprint density at radius 1 is 1.33 bits per heavy atom. The highest BCUT2D eigenvalue weighted by Gasteiger charge is 2.64. The largest absolute Gasteiger partial charge is 0.497 e. The number of benzene rings is 1. The molecule has 3 atom stereocenters. The van der Waals surface area contributed by atoms with Crippen LogP contribution in [0.3, 0.4) is 0 Å². The SMILES string of the molecule is CNC(=Cc1ccc(OC)cc1)[C@]1(NC)C[C@]2(O)C=CC(=O)C[C@H]21. The van der Waals surface area contributed by atoms with Gasteiger partial charge in [0.1, 0.15) is 5.75 Å². The topological polar surface area (TPSA) is 70.6 Å². The van der Waals surface area contributed by atoms with Crippen LogP contribution in [0.1, 0.15) is 18.4 Å². The maximum Gasteiger partial charge on any atom is 0.155 e. The first kappa shape index (κ1) is 16.7. The average Bonchev–Trinajstić information content (AvgIpc) is 2.60. The predicted molar refractivity (Wildman–Crippen MR) is 93.6 cm³/mol. The van der Waals surface area contributed by atoms with Crippen molar-refractivity contribution >= 4 is 11.9 Å². The number of hydrogen-bond acceptors (Lipinski definition) is 5. The normalized spacial score (nSPS) is 32.1. The smallest absolute Gasteiger partial charge is 0.155 e. The molecule has 1 fully saturated rings. The van der Waals surface area contributed by atoms with Gasteiger partial charge in [-0.05, 0) is 43.0 Å². The summed E-state index contributed by atoms with van der Waals surface area (Å²) >= 11 is 0. The molecule has 3 N–H and O–H groups in total. The Kier molecular flexibility index (Phi) is 4.24. The van der Waals surface area contributed by atoms with E-state index < -0.39 is 11.1 Å². The molecule has 5 heteroatoms. The van der Waals surface area contributed by atoms with Crippen LogP contribution in [0, 0.1) is 5.92 Å². The number of likely N-dealkylation sites (N-methyl/N-ethyl adjacent to an activating group) is 2. The van der Waals surface area contributed by atoms with E-state index >= 15 is 0 Å². The molecule has 2 aliphatic rings. The maximum absolute atomic E-state index is 11.9. The van der Waals surface area contributed by atoms with Crippen molar-refractivity contribution < 1.29 is 14.6 Å². The number of nitrogens with one attached hydrogen (secondary N) is 2. The van der Waals surface area contributed by atoms with E-state index in [1.54, 1.807) is 13.2 Å². The van der Waals surface area contributed by atoms with Crippen LogP contribution in [0.5, 0.6) is 5.75 Å². The van der Waals surface area contributed by atoms with Gasteiger partial charge in [-0.15, -0.1) is 0 Å². The third-order valence-electron chi connectivity index (χ3n) is 5.35. The van der Waals surface area contributed by atoms with E-state index in [1.165, 1.54) is 6.08 Å². The highest BCUT2D eigenvalue weighted by molar-refractivity contribution is 5.92. The van der Waals surface area contributed by atoms with Gasteiger partial charge in [0.05, 0.1) is 18.2 Å². The second kappa shape index (κ2) is 6.07. The summed E-state index contributed by atoms with van der Waals surface area (Å²) in [4.78, 5) is 11.9. The zero-order chi connectivity index (χ0) is 17.4. The van der Waals surface area contributed by atoms with Crippen LogP contribution in [0.4, 0.5) is 0 Å². The summed E-state index contributed by atoms with van der Waals surface area (Å²) in [5.74, 6) is 0.691. The summed E-state index contributed by atoms with van der Waals surface area (Å²) in [5, 5.41) is 17.4. The summed E-state index contributed by atoms with van der Waals surface area (Å²) < 4.78 is 5.19. The number of ketones is 1. The van der Waals surface area contributed by atoms with Gasteiger partial charge >= 0.3 is 0 Å². The van der Waals surface area contributed by atoms with Crippen molar-refractivity contribution in [3.05, 3.63) is 47.7 Å². The Labute approximate surface area is 142 Å². The van der Waals surface area contributed by atoms with Gasteiger partial charge in [-0.2, -0.15) is 0 Å². The van der Waals surface area contributed by atoms with Crippen molar-refractivity contribution in [2.75, 3.05) is 21.2 Å². The molecule has 0 bridgehead atoms. The van der Waals surface area contributed by atoms with Crippen LogP contribution < -0.4 is 15.4 Å². The Bertz CT molecular complexity index is 695. The van der Waals surface area contributed by atoms with Crippen molar-refractivity contribution in [1.82, 2.24) is 10.6 Å². The molecule has 3 rings (SSSR count). The molecule has 0 aliphatic heterocycles. The van der Waals surface area contributed by atoms with Crippen molar-refractivity contribution in [2.24, 2.45) is 5.92 Å². The first-order valence-corrected chi connectivity index (χ1v) is 8.15. The third kappa shape index (κ3) is 2.54. The van der Waals surface area contributed by atoms with Gasteiger partial charge in [-0.1, -0.05) is 12.1 Å². The molecule has 5 nitrogen and oxygen atoms in total. The van der Waals surface area contributed by atoms with E-state index in [9.17, 15) is 9.90 Å². The Morgan fingerprint density at radius 3 is 2.62 bits per heavy atom. The molecule has 1 saturated carbocycles. The van der Waals surface area contributed by atoms with E-state index in [0.29, 0.717) is 12.8 Å². The molecular weight excluding hydrogens is 304 g/mol. The number of fused-ring (bicyclic) bond motifs is 1. The summed E-state index contributed by atoms with van der Waals surface area (Å²) in [6.45, 7) is 0. The molecular formula is C19H24N2O3. The number of allylic oxidation sites excluding steroid dienone is 1. The molecule has 0 heterocycles. The van der Waals surface area contributed by atoms with Crippen LogP contribution in [0.15, 0.2) is 42.1 Å². The molecule has 0 saturated heterocycles. The van der Waals surface area contributed by atoms with Crippen LogP contribution in [0.2, 0.25) is 0 Å². The highest BCUT2D eigenvalue weighted by Crippen LogP contribution is 2.54. The molecule has 0 aromatic heterocycles. The quantitative estimate of drug-likeness (QED) is 0.764. The monoisotopic (exact) mass is 328 g/mol. The lowest BCUT2D eigenvalue weighted by Gasteiger charge is -2.61. The van der Waals surface area contributed by atoms with Crippen LogP contribution in [-0.4, -0.2) is 43.2 Å². The number of hydrogen-bond donors (Lipinski definition) is 3. The first-order valence-electron chi connectivity index (χ1n) is 8.15. The van der Waals surface area contributed by atoms with Crippen molar-refractivity contribution in [1.29, 1.82) is 0 Å². The van der Waals surface area contributed by atoms with E-state index in [1.807, 2.05) is 38.4 Å². The molecule has 0 radical (unpaired) electrons. The Balaban J connectivity index is 1.95. The van der Waals surface area contributed by atoms with Crippen LogP contribution >= 0.6 is 0 Å². The number of rotatable bonds is 5. The van der Waals surface area contributed by atoms with E-state index in [-0.39, 0.29) is 11.7 Å². The second-order valence-electron chi connectivity index (χ2n) is 6.53. The number of methoxy groups -OCH3 is 1. The standard InChI is InChI=1S/C19H24N2O3/c1-20-17(10-13-4-6-15(24-3)7-5-13)19(21-2)12-18(23)9-8-14(22)11-16(18)19/h4-10,16,20-21,23H,11-12H2,1-3H3/t16-,18-,19+/m1/s1. The zero-order valence-corrected chi connectivity index (χ0v) is 14.3. The lowest BCUT2D eigenvalue weighted by atomic mass is 9.51. The van der Waals surface area contributed by atoms with Gasteiger partial charge in [0.15, 0.2) is 5.78 Å². The molecule has 0 amide bonds. The lowest BCUT2D eigenvalue weighted by Crippen LogP contribution is -2.73. The number of carbonyl (C=O) groups excluding carboxylic acids is 1. The molecule has 24 heavy (non-hydrogen) atoms. The van der Waals surface area contributed by atoms with Crippen LogP contribution in [-0.2, 0) is 4.79 Å². The summed E-state index contributed by atoms with van der Waals surface area (Å²) in [6.07, 6.45) is 6.09. The number of carbonyl (C=O) groups is 1. The van der Waals surface area contributed by atoms with E-state index in [2.05, 4.69) is 16.7 Å². The minimum atomic E-state index is -0.910.